The zero-order valence-electron chi connectivity index (χ0n) is 12.1. The first kappa shape index (κ1) is 15.2. The van der Waals surface area contributed by atoms with Gasteiger partial charge < -0.3 is 5.11 Å². The van der Waals surface area contributed by atoms with Crippen molar-refractivity contribution in [1.29, 1.82) is 0 Å². The van der Waals surface area contributed by atoms with Crippen LogP contribution in [0.5, 0.6) is 0 Å². The summed E-state index contributed by atoms with van der Waals surface area (Å²) >= 11 is 0. The maximum Gasteiger partial charge on any atom is 0.142 e. The molecule has 0 radical (unpaired) electrons. The van der Waals surface area contributed by atoms with Crippen LogP contribution in [0.2, 0.25) is 0 Å². The fraction of sp³-hybridized carbons (Fsp3) is 0.188. The summed E-state index contributed by atoms with van der Waals surface area (Å²) in [5.74, 6) is -0.763. The van der Waals surface area contributed by atoms with Crippen molar-refractivity contribution in [1.82, 2.24) is 20.0 Å². The molecule has 0 amide bonds. The van der Waals surface area contributed by atoms with Crippen molar-refractivity contribution < 1.29 is 13.9 Å². The van der Waals surface area contributed by atoms with Crippen molar-refractivity contribution in [2.75, 3.05) is 0 Å². The molecule has 0 aliphatic carbocycles. The molecule has 0 aliphatic heterocycles. The van der Waals surface area contributed by atoms with Crippen LogP contribution < -0.4 is 0 Å². The predicted molar refractivity (Wildman–Crippen MR) is 79.3 cm³/mol. The predicted octanol–water partition coefficient (Wildman–Crippen LogP) is 2.22. The van der Waals surface area contributed by atoms with Crippen LogP contribution in [0.4, 0.5) is 8.78 Å². The molecule has 0 spiro atoms. The minimum Gasteiger partial charge on any atom is -0.391 e. The van der Waals surface area contributed by atoms with Crippen LogP contribution in [0.15, 0.2) is 48.9 Å². The van der Waals surface area contributed by atoms with E-state index in [1.807, 2.05) is 0 Å². The molecule has 118 valence electrons. The molecule has 0 saturated carbocycles. The lowest BCUT2D eigenvalue weighted by atomic mass is 10.1. The molecule has 2 heterocycles. The molecule has 1 N–H and O–H groups in total. The van der Waals surface area contributed by atoms with Crippen molar-refractivity contribution in [2.24, 2.45) is 0 Å². The minimum absolute atomic E-state index is 0.229. The summed E-state index contributed by atoms with van der Waals surface area (Å²) in [7, 11) is 0. The van der Waals surface area contributed by atoms with Gasteiger partial charge in [-0.05, 0) is 23.8 Å². The fourth-order valence-corrected chi connectivity index (χ4v) is 2.24. The molecule has 23 heavy (non-hydrogen) atoms. The van der Waals surface area contributed by atoms with Crippen molar-refractivity contribution >= 4 is 0 Å². The van der Waals surface area contributed by atoms with E-state index in [1.54, 1.807) is 18.3 Å². The summed E-state index contributed by atoms with van der Waals surface area (Å²) < 4.78 is 27.5. The number of hydrogen-bond donors (Lipinski definition) is 1. The Morgan fingerprint density at radius 3 is 2.61 bits per heavy atom. The molecule has 7 heteroatoms. The summed E-state index contributed by atoms with van der Waals surface area (Å²) in [5, 5.41) is 18.0. The first-order chi connectivity index (χ1) is 11.1. The van der Waals surface area contributed by atoms with E-state index in [4.69, 9.17) is 0 Å². The first-order valence-corrected chi connectivity index (χ1v) is 7.04. The molecule has 1 atom stereocenters. The molecule has 0 bridgehead atoms. The number of aliphatic hydroxyl groups is 1. The van der Waals surface area contributed by atoms with Crippen LogP contribution in [0.3, 0.4) is 0 Å². The molecule has 0 aliphatic rings. The Balaban J connectivity index is 1.65. The van der Waals surface area contributed by atoms with Gasteiger partial charge in [0.2, 0.25) is 0 Å². The normalized spacial score (nSPS) is 12.3. The Hall–Kier alpha value is -2.67. The van der Waals surface area contributed by atoms with Crippen molar-refractivity contribution in [3.05, 3.63) is 66.1 Å². The molecule has 2 aromatic heterocycles. The van der Waals surface area contributed by atoms with Crippen LogP contribution in [0.25, 0.3) is 11.3 Å². The van der Waals surface area contributed by atoms with E-state index in [0.29, 0.717) is 17.7 Å². The largest absolute Gasteiger partial charge is 0.391 e. The van der Waals surface area contributed by atoms with Crippen LogP contribution in [0.1, 0.15) is 5.56 Å². The van der Waals surface area contributed by atoms with E-state index >= 15 is 0 Å². The van der Waals surface area contributed by atoms with Gasteiger partial charge in [0.25, 0.3) is 0 Å². The third-order valence-corrected chi connectivity index (χ3v) is 3.32. The van der Waals surface area contributed by atoms with Crippen LogP contribution in [-0.4, -0.2) is 31.2 Å². The number of benzene rings is 1. The molecular weight excluding hydrogens is 302 g/mol. The highest BCUT2D eigenvalue weighted by molar-refractivity contribution is 5.55. The summed E-state index contributed by atoms with van der Waals surface area (Å²) in [5.41, 5.74) is 1.82. The smallest absolute Gasteiger partial charge is 0.142 e. The molecule has 0 saturated heterocycles. The highest BCUT2D eigenvalue weighted by Gasteiger charge is 2.10. The maximum absolute atomic E-state index is 13.2. The third kappa shape index (κ3) is 3.95. The number of halogens is 2. The zero-order chi connectivity index (χ0) is 16.2. The maximum atomic E-state index is 13.2. The SMILES string of the molecule is OC(Cc1ccc(F)cc1)Cn1cc(-c2cncc(F)c2)nn1. The molecule has 1 unspecified atom stereocenters. The molecule has 3 rings (SSSR count). The second kappa shape index (κ2) is 6.62. The molecule has 5 nitrogen and oxygen atoms in total. The van der Waals surface area contributed by atoms with Gasteiger partial charge in [-0.25, -0.2) is 13.5 Å². The number of rotatable bonds is 5. The number of hydrogen-bond acceptors (Lipinski definition) is 4. The third-order valence-electron chi connectivity index (χ3n) is 3.32. The van der Waals surface area contributed by atoms with Gasteiger partial charge in [0.1, 0.15) is 17.3 Å². The van der Waals surface area contributed by atoms with Crippen molar-refractivity contribution in [3.63, 3.8) is 0 Å². The number of aliphatic hydroxyl groups excluding tert-OH is 1. The van der Waals surface area contributed by atoms with E-state index in [-0.39, 0.29) is 12.4 Å². The van der Waals surface area contributed by atoms with Gasteiger partial charge in [0.15, 0.2) is 0 Å². The topological polar surface area (TPSA) is 63.8 Å². The number of pyridine rings is 1. The van der Waals surface area contributed by atoms with E-state index in [2.05, 4.69) is 15.3 Å². The summed E-state index contributed by atoms with van der Waals surface area (Å²) in [6.45, 7) is 0.229. The fourth-order valence-electron chi connectivity index (χ4n) is 2.24. The lowest BCUT2D eigenvalue weighted by Gasteiger charge is -2.10. The average Bonchev–Trinajstić information content (AvgIpc) is 2.98. The zero-order valence-corrected chi connectivity index (χ0v) is 12.1. The van der Waals surface area contributed by atoms with E-state index in [9.17, 15) is 13.9 Å². The van der Waals surface area contributed by atoms with Gasteiger partial charge in [-0.3, -0.25) is 4.98 Å². The van der Waals surface area contributed by atoms with Gasteiger partial charge in [-0.15, -0.1) is 5.10 Å². The van der Waals surface area contributed by atoms with Gasteiger partial charge in [-0.1, -0.05) is 17.3 Å². The van der Waals surface area contributed by atoms with Gasteiger partial charge in [0.05, 0.1) is 25.0 Å². The van der Waals surface area contributed by atoms with Crippen molar-refractivity contribution in [3.8, 4) is 11.3 Å². The Labute approximate surface area is 131 Å². The van der Waals surface area contributed by atoms with E-state index in [1.165, 1.54) is 29.1 Å². The van der Waals surface area contributed by atoms with Gasteiger partial charge in [0, 0.05) is 18.2 Å². The van der Waals surface area contributed by atoms with Gasteiger partial charge >= 0.3 is 0 Å². The summed E-state index contributed by atoms with van der Waals surface area (Å²) in [6, 6.07) is 7.28. The molecule has 3 aromatic rings. The highest BCUT2D eigenvalue weighted by atomic mass is 19.1. The van der Waals surface area contributed by atoms with Crippen molar-refractivity contribution in [2.45, 2.75) is 19.1 Å². The lowest BCUT2D eigenvalue weighted by Crippen LogP contribution is -2.19. The quantitative estimate of drug-likeness (QED) is 0.784. The standard InChI is InChI=1S/C16H14F2N4O/c17-13-3-1-11(2-4-13)5-15(23)9-22-10-16(20-21-22)12-6-14(18)8-19-7-12/h1-4,6-8,10,15,23H,5,9H2. The van der Waals surface area contributed by atoms with E-state index < -0.39 is 11.9 Å². The minimum atomic E-state index is -0.694. The first-order valence-electron chi connectivity index (χ1n) is 7.04. The van der Waals surface area contributed by atoms with Crippen LogP contribution in [-0.2, 0) is 13.0 Å². The number of aromatic nitrogens is 4. The second-order valence-corrected chi connectivity index (χ2v) is 5.20. The Morgan fingerprint density at radius 1 is 1.09 bits per heavy atom. The number of nitrogens with zero attached hydrogens (tertiary/aromatic N) is 4. The van der Waals surface area contributed by atoms with Gasteiger partial charge in [-0.2, -0.15) is 0 Å². The average molecular weight is 316 g/mol. The summed E-state index contributed by atoms with van der Waals surface area (Å²) in [4.78, 5) is 3.76. The Kier molecular flexibility index (Phi) is 4.38. The van der Waals surface area contributed by atoms with Crippen LogP contribution >= 0.6 is 0 Å². The monoisotopic (exact) mass is 316 g/mol. The summed E-state index contributed by atoms with van der Waals surface area (Å²) in [6.07, 6.45) is 3.90. The molecule has 0 fully saturated rings. The Morgan fingerprint density at radius 2 is 1.87 bits per heavy atom. The highest BCUT2D eigenvalue weighted by Crippen LogP contribution is 2.16. The second-order valence-electron chi connectivity index (χ2n) is 5.20. The Bertz CT molecular complexity index is 789. The lowest BCUT2D eigenvalue weighted by molar-refractivity contribution is 0.148. The molecular formula is C16H14F2N4O. The van der Waals surface area contributed by atoms with E-state index in [0.717, 1.165) is 11.8 Å². The molecule has 1 aromatic carbocycles. The van der Waals surface area contributed by atoms with Crippen LogP contribution in [0, 0.1) is 11.6 Å².